The highest BCUT2D eigenvalue weighted by Gasteiger charge is 2.09. The van der Waals surface area contributed by atoms with Crippen molar-refractivity contribution in [2.75, 3.05) is 6.61 Å². The van der Waals surface area contributed by atoms with Gasteiger partial charge in [-0.05, 0) is 56.4 Å². The van der Waals surface area contributed by atoms with Crippen molar-refractivity contribution in [3.05, 3.63) is 39.9 Å². The van der Waals surface area contributed by atoms with E-state index in [1.54, 1.807) is 11.3 Å². The molecule has 0 aliphatic heterocycles. The molecule has 1 N–H and O–H groups in total. The Kier molecular flexibility index (Phi) is 4.15. The number of thiazole rings is 1. The van der Waals surface area contributed by atoms with Crippen LogP contribution in [0.15, 0.2) is 17.5 Å². The van der Waals surface area contributed by atoms with Crippen molar-refractivity contribution in [2.45, 2.75) is 33.6 Å². The van der Waals surface area contributed by atoms with Crippen LogP contribution in [0.5, 0.6) is 0 Å². The van der Waals surface area contributed by atoms with Gasteiger partial charge in [0.2, 0.25) is 0 Å². The number of benzene rings is 1. The summed E-state index contributed by atoms with van der Waals surface area (Å²) in [6.07, 6.45) is 1.64. The van der Waals surface area contributed by atoms with E-state index in [1.165, 1.54) is 22.3 Å². The molecular formula is C15H19NOS. The Morgan fingerprint density at radius 3 is 2.56 bits per heavy atom. The molecule has 0 aliphatic rings. The Balaban J connectivity index is 2.31. The van der Waals surface area contributed by atoms with Gasteiger partial charge in [-0.2, -0.15) is 0 Å². The van der Waals surface area contributed by atoms with Gasteiger partial charge in [-0.25, -0.2) is 4.98 Å². The van der Waals surface area contributed by atoms with Gasteiger partial charge in [0, 0.05) is 17.6 Å². The first-order chi connectivity index (χ1) is 8.61. The average Bonchev–Trinajstić information content (AvgIpc) is 2.79. The van der Waals surface area contributed by atoms with Crippen molar-refractivity contribution >= 4 is 11.3 Å². The van der Waals surface area contributed by atoms with Crippen LogP contribution >= 0.6 is 11.3 Å². The summed E-state index contributed by atoms with van der Waals surface area (Å²) < 4.78 is 0. The number of hydrogen-bond donors (Lipinski definition) is 1. The molecule has 2 rings (SSSR count). The van der Waals surface area contributed by atoms with Crippen LogP contribution in [-0.2, 0) is 6.42 Å². The van der Waals surface area contributed by atoms with E-state index in [4.69, 9.17) is 5.11 Å². The summed E-state index contributed by atoms with van der Waals surface area (Å²) in [6, 6.07) is 4.44. The van der Waals surface area contributed by atoms with E-state index in [2.05, 4.69) is 43.3 Å². The van der Waals surface area contributed by atoms with Crippen molar-refractivity contribution in [1.82, 2.24) is 4.98 Å². The number of aliphatic hydroxyl groups is 1. The first-order valence-corrected chi connectivity index (χ1v) is 7.13. The Morgan fingerprint density at radius 2 is 1.83 bits per heavy atom. The summed E-state index contributed by atoms with van der Waals surface area (Å²) in [5, 5.41) is 12.0. The molecule has 0 atom stereocenters. The topological polar surface area (TPSA) is 33.1 Å². The minimum absolute atomic E-state index is 0.232. The quantitative estimate of drug-likeness (QED) is 0.911. The van der Waals surface area contributed by atoms with Gasteiger partial charge in [-0.1, -0.05) is 6.07 Å². The van der Waals surface area contributed by atoms with Crippen molar-refractivity contribution in [1.29, 1.82) is 0 Å². The largest absolute Gasteiger partial charge is 0.396 e. The molecule has 3 heteroatoms. The number of nitrogens with zero attached hydrogens (tertiary/aromatic N) is 1. The van der Waals surface area contributed by atoms with Crippen molar-refractivity contribution in [3.63, 3.8) is 0 Å². The summed E-state index contributed by atoms with van der Waals surface area (Å²) in [7, 11) is 0. The Morgan fingerprint density at radius 1 is 1.11 bits per heavy atom. The van der Waals surface area contributed by atoms with Gasteiger partial charge in [-0.3, -0.25) is 0 Å². The minimum atomic E-state index is 0.232. The maximum atomic E-state index is 8.84. The number of aromatic nitrogens is 1. The van der Waals surface area contributed by atoms with Crippen LogP contribution in [0.4, 0.5) is 0 Å². The lowest BCUT2D eigenvalue weighted by Gasteiger charge is -2.07. The van der Waals surface area contributed by atoms with Crippen molar-refractivity contribution in [2.24, 2.45) is 0 Å². The lowest BCUT2D eigenvalue weighted by atomic mass is 10.0. The van der Waals surface area contributed by atoms with E-state index in [9.17, 15) is 0 Å². The zero-order valence-corrected chi connectivity index (χ0v) is 12.0. The van der Waals surface area contributed by atoms with Crippen molar-refractivity contribution in [3.8, 4) is 10.6 Å². The van der Waals surface area contributed by atoms with Gasteiger partial charge in [0.25, 0.3) is 0 Å². The van der Waals surface area contributed by atoms with E-state index in [0.717, 1.165) is 23.5 Å². The molecule has 0 amide bonds. The molecule has 2 aromatic rings. The zero-order chi connectivity index (χ0) is 13.1. The number of aryl methyl sites for hydroxylation is 4. The van der Waals surface area contributed by atoms with Gasteiger partial charge in [0.05, 0.1) is 5.69 Å². The summed E-state index contributed by atoms with van der Waals surface area (Å²) in [6.45, 7) is 6.64. The van der Waals surface area contributed by atoms with E-state index in [-0.39, 0.29) is 6.61 Å². The summed E-state index contributed by atoms with van der Waals surface area (Å²) in [5.41, 5.74) is 6.23. The van der Waals surface area contributed by atoms with Gasteiger partial charge in [-0.15, -0.1) is 11.3 Å². The predicted octanol–water partition coefficient (Wildman–Crippen LogP) is 3.66. The molecule has 0 aliphatic carbocycles. The Labute approximate surface area is 112 Å². The normalized spacial score (nSPS) is 10.9. The van der Waals surface area contributed by atoms with Crippen LogP contribution in [0.1, 0.15) is 28.8 Å². The highest BCUT2D eigenvalue weighted by atomic mass is 32.1. The molecule has 0 spiro atoms. The van der Waals surface area contributed by atoms with Crippen LogP contribution in [0, 0.1) is 20.8 Å². The molecule has 1 heterocycles. The third-order valence-corrected chi connectivity index (χ3v) is 4.14. The summed E-state index contributed by atoms with van der Waals surface area (Å²) in [4.78, 5) is 4.66. The third kappa shape index (κ3) is 2.79. The lowest BCUT2D eigenvalue weighted by molar-refractivity contribution is 0.288. The van der Waals surface area contributed by atoms with Gasteiger partial charge in [0.15, 0.2) is 0 Å². The molecule has 0 unspecified atom stereocenters. The fraction of sp³-hybridized carbons (Fsp3) is 0.400. The Hall–Kier alpha value is -1.19. The second kappa shape index (κ2) is 5.63. The first kappa shape index (κ1) is 13.2. The molecule has 0 fully saturated rings. The highest BCUT2D eigenvalue weighted by molar-refractivity contribution is 7.13. The molecule has 96 valence electrons. The predicted molar refractivity (Wildman–Crippen MR) is 77.2 cm³/mol. The molecule has 0 radical (unpaired) electrons. The van der Waals surface area contributed by atoms with Crippen LogP contribution in [0.2, 0.25) is 0 Å². The van der Waals surface area contributed by atoms with E-state index < -0.39 is 0 Å². The first-order valence-electron chi connectivity index (χ1n) is 6.25. The average molecular weight is 261 g/mol. The standard InChI is InChI=1S/C15H19NOS/c1-10-7-12(3)14(8-11(10)2)15-16-13(9-18-15)5-4-6-17/h7-9,17H,4-6H2,1-3H3. The van der Waals surface area contributed by atoms with E-state index in [1.807, 2.05) is 0 Å². The molecule has 18 heavy (non-hydrogen) atoms. The van der Waals surface area contributed by atoms with Gasteiger partial charge < -0.3 is 5.11 Å². The number of aliphatic hydroxyl groups excluding tert-OH is 1. The second-order valence-corrected chi connectivity index (χ2v) is 5.58. The molecule has 0 bridgehead atoms. The fourth-order valence-electron chi connectivity index (χ4n) is 2.00. The second-order valence-electron chi connectivity index (χ2n) is 4.72. The van der Waals surface area contributed by atoms with Crippen LogP contribution in [0.3, 0.4) is 0 Å². The maximum absolute atomic E-state index is 8.84. The molecule has 1 aromatic carbocycles. The SMILES string of the molecule is Cc1cc(C)c(-c2nc(CCCO)cs2)cc1C. The monoisotopic (exact) mass is 261 g/mol. The molecule has 2 nitrogen and oxygen atoms in total. The highest BCUT2D eigenvalue weighted by Crippen LogP contribution is 2.29. The van der Waals surface area contributed by atoms with Crippen LogP contribution in [0.25, 0.3) is 10.6 Å². The Bertz CT molecular complexity index is 545. The van der Waals surface area contributed by atoms with Gasteiger partial charge >= 0.3 is 0 Å². The minimum Gasteiger partial charge on any atom is -0.396 e. The smallest absolute Gasteiger partial charge is 0.123 e. The molecule has 0 saturated carbocycles. The van der Waals surface area contributed by atoms with Crippen molar-refractivity contribution < 1.29 is 5.11 Å². The van der Waals surface area contributed by atoms with Crippen LogP contribution in [-0.4, -0.2) is 16.7 Å². The lowest BCUT2D eigenvalue weighted by Crippen LogP contribution is -1.91. The molecular weight excluding hydrogens is 242 g/mol. The van der Waals surface area contributed by atoms with E-state index in [0.29, 0.717) is 0 Å². The zero-order valence-electron chi connectivity index (χ0n) is 11.2. The summed E-state index contributed by atoms with van der Waals surface area (Å²) in [5.74, 6) is 0. The fourth-order valence-corrected chi connectivity index (χ4v) is 2.93. The number of hydrogen-bond acceptors (Lipinski definition) is 3. The van der Waals surface area contributed by atoms with Crippen LogP contribution < -0.4 is 0 Å². The van der Waals surface area contributed by atoms with E-state index >= 15 is 0 Å². The summed E-state index contributed by atoms with van der Waals surface area (Å²) >= 11 is 1.69. The molecule has 0 saturated heterocycles. The van der Waals surface area contributed by atoms with Gasteiger partial charge in [0.1, 0.15) is 5.01 Å². The maximum Gasteiger partial charge on any atom is 0.123 e. The number of rotatable bonds is 4. The third-order valence-electron chi connectivity index (χ3n) is 3.21. The molecule has 1 aromatic heterocycles.